The van der Waals surface area contributed by atoms with Gasteiger partial charge in [-0.25, -0.2) is 14.8 Å². The Morgan fingerprint density at radius 1 is 1.09 bits per heavy atom. The van der Waals surface area contributed by atoms with Crippen LogP contribution in [0.15, 0.2) is 30.7 Å². The van der Waals surface area contributed by atoms with E-state index in [0.717, 1.165) is 11.5 Å². The summed E-state index contributed by atoms with van der Waals surface area (Å²) in [5, 5.41) is 2.86. The third-order valence-electron chi connectivity index (χ3n) is 4.44. The Balaban J connectivity index is 1.31. The summed E-state index contributed by atoms with van der Waals surface area (Å²) in [5.41, 5.74) is 2.89. The summed E-state index contributed by atoms with van der Waals surface area (Å²) in [6.07, 6.45) is 8.08. The van der Waals surface area contributed by atoms with Gasteiger partial charge in [-0.05, 0) is 43.4 Å². The predicted octanol–water partition coefficient (Wildman–Crippen LogP) is 2.69. The van der Waals surface area contributed by atoms with Crippen LogP contribution in [-0.4, -0.2) is 39.0 Å². The molecule has 0 aromatic carbocycles. The number of nitrogens with zero attached hydrogens (tertiary/aromatic N) is 4. The van der Waals surface area contributed by atoms with Crippen LogP contribution < -0.4 is 5.32 Å². The highest BCUT2D eigenvalue weighted by atomic mass is 16.2. The molecule has 2 aromatic rings. The topological polar surface area (TPSA) is 71.0 Å². The second kappa shape index (κ2) is 5.61. The first-order valence-corrected chi connectivity index (χ1v) is 7.99. The maximum absolute atomic E-state index is 12.2. The van der Waals surface area contributed by atoms with Crippen molar-refractivity contribution in [1.29, 1.82) is 0 Å². The number of rotatable bonds is 3. The van der Waals surface area contributed by atoms with Gasteiger partial charge < -0.3 is 10.2 Å². The summed E-state index contributed by atoms with van der Waals surface area (Å²) in [5.74, 6) is 1.76. The quantitative estimate of drug-likeness (QED) is 0.946. The van der Waals surface area contributed by atoms with E-state index in [2.05, 4.69) is 20.3 Å². The fourth-order valence-electron chi connectivity index (χ4n) is 2.74. The van der Waals surface area contributed by atoms with E-state index in [1.165, 1.54) is 18.4 Å². The lowest BCUT2D eigenvalue weighted by atomic mass is 9.99. The SMILES string of the molecule is Cc1ccc(NC(=O)N2CC(c3ncc(C4CC4)cn3)C2)cn1. The third-order valence-corrected chi connectivity index (χ3v) is 4.44. The molecule has 0 radical (unpaired) electrons. The predicted molar refractivity (Wildman–Crippen MR) is 86.3 cm³/mol. The van der Waals surface area contributed by atoms with Gasteiger partial charge in [0.05, 0.1) is 17.8 Å². The minimum absolute atomic E-state index is 0.0958. The van der Waals surface area contributed by atoms with Crippen LogP contribution in [0.4, 0.5) is 10.5 Å². The summed E-state index contributed by atoms with van der Waals surface area (Å²) >= 11 is 0. The Hall–Kier alpha value is -2.50. The average molecular weight is 309 g/mol. The van der Waals surface area contributed by atoms with Crippen LogP contribution in [0, 0.1) is 6.92 Å². The van der Waals surface area contributed by atoms with Gasteiger partial charge in [-0.1, -0.05) is 0 Å². The molecule has 2 fully saturated rings. The summed E-state index contributed by atoms with van der Waals surface area (Å²) in [6.45, 7) is 3.24. The normalized spacial score (nSPS) is 17.7. The molecule has 1 saturated carbocycles. The molecule has 0 bridgehead atoms. The lowest BCUT2D eigenvalue weighted by Crippen LogP contribution is -2.50. The summed E-state index contributed by atoms with van der Waals surface area (Å²) in [6, 6.07) is 3.64. The van der Waals surface area contributed by atoms with Crippen molar-refractivity contribution in [3.63, 3.8) is 0 Å². The second-order valence-electron chi connectivity index (χ2n) is 6.37. The van der Waals surface area contributed by atoms with E-state index in [9.17, 15) is 4.79 Å². The molecule has 3 heterocycles. The second-order valence-corrected chi connectivity index (χ2v) is 6.37. The number of nitrogens with one attached hydrogen (secondary N) is 1. The summed E-state index contributed by atoms with van der Waals surface area (Å²) < 4.78 is 0. The maximum Gasteiger partial charge on any atom is 0.321 e. The van der Waals surface area contributed by atoms with E-state index in [-0.39, 0.29) is 11.9 Å². The number of hydrogen-bond acceptors (Lipinski definition) is 4. The molecule has 2 aromatic heterocycles. The number of carbonyl (C=O) groups is 1. The van der Waals surface area contributed by atoms with Gasteiger partial charge in [-0.3, -0.25) is 4.98 Å². The Morgan fingerprint density at radius 2 is 1.83 bits per heavy atom. The molecule has 0 unspecified atom stereocenters. The Kier molecular flexibility index (Phi) is 3.44. The lowest BCUT2D eigenvalue weighted by molar-refractivity contribution is 0.160. The molecule has 2 aliphatic rings. The van der Waals surface area contributed by atoms with Crippen molar-refractivity contribution in [2.45, 2.75) is 31.6 Å². The van der Waals surface area contributed by atoms with Crippen molar-refractivity contribution in [2.75, 3.05) is 18.4 Å². The molecule has 2 amide bonds. The smallest absolute Gasteiger partial charge is 0.321 e. The van der Waals surface area contributed by atoms with Crippen LogP contribution >= 0.6 is 0 Å². The van der Waals surface area contributed by atoms with Crippen molar-refractivity contribution < 1.29 is 4.79 Å². The first-order chi connectivity index (χ1) is 11.2. The zero-order valence-corrected chi connectivity index (χ0v) is 13.1. The molecule has 1 saturated heterocycles. The third kappa shape index (κ3) is 3.02. The molecule has 6 nitrogen and oxygen atoms in total. The van der Waals surface area contributed by atoms with Crippen LogP contribution in [0.2, 0.25) is 0 Å². The number of aromatic nitrogens is 3. The first kappa shape index (κ1) is 14.1. The fourth-order valence-corrected chi connectivity index (χ4v) is 2.74. The number of anilines is 1. The highest BCUT2D eigenvalue weighted by molar-refractivity contribution is 5.89. The molecular weight excluding hydrogens is 290 g/mol. The molecule has 4 rings (SSSR count). The molecule has 6 heteroatoms. The fraction of sp³-hybridized carbons (Fsp3) is 0.412. The number of likely N-dealkylation sites (tertiary alicyclic amines) is 1. The van der Waals surface area contributed by atoms with Gasteiger partial charge in [0.25, 0.3) is 0 Å². The molecule has 0 spiro atoms. The van der Waals surface area contributed by atoms with Crippen LogP contribution in [0.3, 0.4) is 0 Å². The first-order valence-electron chi connectivity index (χ1n) is 7.99. The monoisotopic (exact) mass is 309 g/mol. The highest BCUT2D eigenvalue weighted by Crippen LogP contribution is 2.39. The van der Waals surface area contributed by atoms with Crippen LogP contribution in [-0.2, 0) is 0 Å². The molecule has 118 valence electrons. The van der Waals surface area contributed by atoms with E-state index in [0.29, 0.717) is 24.7 Å². The van der Waals surface area contributed by atoms with Crippen molar-refractivity contribution in [3.05, 3.63) is 47.8 Å². The van der Waals surface area contributed by atoms with Gasteiger partial charge in [-0.2, -0.15) is 0 Å². The van der Waals surface area contributed by atoms with Gasteiger partial charge in [0, 0.05) is 31.2 Å². The largest absolute Gasteiger partial charge is 0.323 e. The van der Waals surface area contributed by atoms with Gasteiger partial charge in [-0.15, -0.1) is 0 Å². The molecular formula is C17H19N5O. The minimum atomic E-state index is -0.0958. The minimum Gasteiger partial charge on any atom is -0.323 e. The molecule has 0 atom stereocenters. The zero-order valence-electron chi connectivity index (χ0n) is 13.1. The Morgan fingerprint density at radius 3 is 2.43 bits per heavy atom. The summed E-state index contributed by atoms with van der Waals surface area (Å²) in [4.78, 5) is 27.0. The van der Waals surface area contributed by atoms with Crippen molar-refractivity contribution in [1.82, 2.24) is 19.9 Å². The van der Waals surface area contributed by atoms with E-state index in [1.54, 1.807) is 11.1 Å². The molecule has 1 aliphatic carbocycles. The van der Waals surface area contributed by atoms with Crippen molar-refractivity contribution in [3.8, 4) is 0 Å². The Bertz CT molecular complexity index is 703. The lowest BCUT2D eigenvalue weighted by Gasteiger charge is -2.38. The maximum atomic E-state index is 12.2. The van der Waals surface area contributed by atoms with Gasteiger partial charge in [0.15, 0.2) is 0 Å². The van der Waals surface area contributed by atoms with E-state index in [1.807, 2.05) is 31.5 Å². The van der Waals surface area contributed by atoms with Crippen molar-refractivity contribution >= 4 is 11.7 Å². The number of pyridine rings is 1. The number of hydrogen-bond donors (Lipinski definition) is 1. The number of amides is 2. The molecule has 1 aliphatic heterocycles. The average Bonchev–Trinajstić information content (AvgIpc) is 3.34. The highest BCUT2D eigenvalue weighted by Gasteiger charge is 2.34. The van der Waals surface area contributed by atoms with E-state index >= 15 is 0 Å². The van der Waals surface area contributed by atoms with E-state index < -0.39 is 0 Å². The standard InChI is InChI=1S/C17H19N5O/c1-11-2-5-15(8-18-11)21-17(23)22-9-14(10-22)16-19-6-13(7-20-16)12-3-4-12/h2,5-8,12,14H,3-4,9-10H2,1H3,(H,21,23). The van der Waals surface area contributed by atoms with Gasteiger partial charge in [0.1, 0.15) is 5.82 Å². The number of aryl methyl sites for hydroxylation is 1. The van der Waals surface area contributed by atoms with E-state index in [4.69, 9.17) is 0 Å². The van der Waals surface area contributed by atoms with Gasteiger partial charge >= 0.3 is 6.03 Å². The zero-order chi connectivity index (χ0) is 15.8. The molecule has 1 N–H and O–H groups in total. The van der Waals surface area contributed by atoms with Crippen LogP contribution in [0.5, 0.6) is 0 Å². The molecule has 23 heavy (non-hydrogen) atoms. The Labute approximate surface area is 135 Å². The van der Waals surface area contributed by atoms with Gasteiger partial charge in [0.2, 0.25) is 0 Å². The number of carbonyl (C=O) groups excluding carboxylic acids is 1. The van der Waals surface area contributed by atoms with Crippen molar-refractivity contribution in [2.24, 2.45) is 0 Å². The number of urea groups is 1. The van der Waals surface area contributed by atoms with Crippen LogP contribution in [0.1, 0.15) is 41.8 Å². The summed E-state index contributed by atoms with van der Waals surface area (Å²) in [7, 11) is 0. The van der Waals surface area contributed by atoms with Crippen LogP contribution in [0.25, 0.3) is 0 Å².